The van der Waals surface area contributed by atoms with Crippen LogP contribution in [0.2, 0.25) is 0 Å². The van der Waals surface area contributed by atoms with Gasteiger partial charge in [0.05, 0.1) is 0 Å². The minimum Gasteiger partial charge on any atom is -0.344 e. The molecule has 1 aromatic carbocycles. The molecule has 1 fully saturated rings. The highest BCUT2D eigenvalue weighted by Crippen LogP contribution is 2.25. The number of nitrogens with one attached hydrogen (secondary N) is 2. The van der Waals surface area contributed by atoms with Crippen LogP contribution in [0.3, 0.4) is 0 Å². The minimum atomic E-state index is -0.204. The number of hydrogen-bond acceptors (Lipinski definition) is 5. The summed E-state index contributed by atoms with van der Waals surface area (Å²) in [7, 11) is 1.79. The average Bonchev–Trinajstić information content (AvgIpc) is 3.30. The summed E-state index contributed by atoms with van der Waals surface area (Å²) in [5.41, 5.74) is 7.40. The van der Waals surface area contributed by atoms with Crippen molar-refractivity contribution in [3.63, 3.8) is 0 Å². The quantitative estimate of drug-likeness (QED) is 0.564. The van der Waals surface area contributed by atoms with Crippen LogP contribution in [0.5, 0.6) is 0 Å². The molecule has 2 aliphatic rings. The second-order valence-corrected chi connectivity index (χ2v) is 9.31. The van der Waals surface area contributed by atoms with Gasteiger partial charge in [-0.3, -0.25) is 20.2 Å². The molecule has 2 atom stereocenters. The molecule has 33 heavy (non-hydrogen) atoms. The van der Waals surface area contributed by atoms with E-state index in [0.29, 0.717) is 19.1 Å². The van der Waals surface area contributed by atoms with Crippen LogP contribution in [0, 0.1) is 5.82 Å². The zero-order valence-corrected chi connectivity index (χ0v) is 19.4. The Morgan fingerprint density at radius 3 is 2.94 bits per heavy atom. The first-order valence-corrected chi connectivity index (χ1v) is 12.2. The first kappa shape index (κ1) is 23.6. The number of carbonyl (C=O) groups is 1. The molecular formula is C24H35FN6O2. The number of hydrogen-bond donors (Lipinski definition) is 2. The van der Waals surface area contributed by atoms with Crippen molar-refractivity contribution in [3.05, 3.63) is 52.0 Å². The molecule has 1 amide bonds. The fraction of sp³-hybridized carbons (Fsp3) is 0.625. The fourth-order valence-electron chi connectivity index (χ4n) is 4.77. The number of halogens is 1. The summed E-state index contributed by atoms with van der Waals surface area (Å²) in [4.78, 5) is 26.8. The smallest absolute Gasteiger partial charge is 0.344 e. The van der Waals surface area contributed by atoms with Crippen LogP contribution in [0.15, 0.2) is 29.1 Å². The number of amides is 1. The van der Waals surface area contributed by atoms with Crippen LogP contribution in [0.1, 0.15) is 68.8 Å². The molecule has 3 heterocycles. The summed E-state index contributed by atoms with van der Waals surface area (Å²) < 4.78 is 16.5. The summed E-state index contributed by atoms with van der Waals surface area (Å²) in [6.45, 7) is 1.38. The van der Waals surface area contributed by atoms with Crippen molar-refractivity contribution in [2.45, 2.75) is 83.0 Å². The van der Waals surface area contributed by atoms with Gasteiger partial charge in [-0.05, 0) is 49.8 Å². The number of fused-ring (bicyclic) bond motifs is 1. The molecule has 0 bridgehead atoms. The molecule has 1 aromatic heterocycles. The van der Waals surface area contributed by atoms with E-state index in [-0.39, 0.29) is 30.0 Å². The number of hydrazine groups is 1. The topological polar surface area (TPSA) is 84.2 Å². The Labute approximate surface area is 194 Å². The van der Waals surface area contributed by atoms with Crippen molar-refractivity contribution < 1.29 is 9.18 Å². The van der Waals surface area contributed by atoms with Gasteiger partial charge in [-0.15, -0.1) is 0 Å². The summed E-state index contributed by atoms with van der Waals surface area (Å²) in [5.74, 6) is 0.525. The molecule has 8 nitrogen and oxygen atoms in total. The first-order valence-electron chi connectivity index (χ1n) is 12.2. The standard InChI is InChI=1S/C24H35FN6O2/c1-29(23(32)17-31-24(33)30-14-7-3-5-12-22(30)28-31)13-6-2-4-11-20-16-21(27-26-20)18-9-8-10-19(25)15-18/h8-10,15,20-21,26-27H,2-7,11-14,16-17H2,1H3. The third kappa shape index (κ3) is 6.09. The van der Waals surface area contributed by atoms with E-state index in [1.54, 1.807) is 28.6 Å². The van der Waals surface area contributed by atoms with Crippen molar-refractivity contribution in [3.8, 4) is 0 Å². The summed E-state index contributed by atoms with van der Waals surface area (Å²) in [6, 6.07) is 7.25. The van der Waals surface area contributed by atoms with Gasteiger partial charge in [0.25, 0.3) is 0 Å². The Kier molecular flexibility index (Phi) is 7.93. The molecule has 0 spiro atoms. The number of benzene rings is 1. The highest BCUT2D eigenvalue weighted by Gasteiger charge is 2.24. The van der Waals surface area contributed by atoms with Gasteiger partial charge in [-0.1, -0.05) is 31.4 Å². The average molecular weight is 459 g/mol. The first-order chi connectivity index (χ1) is 16.0. The molecular weight excluding hydrogens is 423 g/mol. The van der Waals surface area contributed by atoms with Crippen molar-refractivity contribution in [1.82, 2.24) is 30.1 Å². The normalized spacial score (nSPS) is 20.4. The summed E-state index contributed by atoms with van der Waals surface area (Å²) in [5, 5.41) is 4.41. The third-order valence-corrected chi connectivity index (χ3v) is 6.77. The molecule has 2 aromatic rings. The Bertz CT molecular complexity index is 1000. The molecule has 2 aliphatic heterocycles. The maximum atomic E-state index is 13.4. The molecule has 180 valence electrons. The maximum absolute atomic E-state index is 13.4. The van der Waals surface area contributed by atoms with Gasteiger partial charge in [0, 0.05) is 38.6 Å². The minimum absolute atomic E-state index is 0.00840. The number of likely N-dealkylation sites (N-methyl/N-ethyl adjacent to an activating group) is 1. The molecule has 1 saturated heterocycles. The SMILES string of the molecule is CN(CCCCCC1CC(c2cccc(F)c2)NN1)C(=O)Cn1nc2n(c1=O)CCCCC2. The van der Waals surface area contributed by atoms with E-state index in [1.165, 1.54) is 10.7 Å². The second-order valence-electron chi connectivity index (χ2n) is 9.31. The van der Waals surface area contributed by atoms with E-state index in [0.717, 1.165) is 69.2 Å². The van der Waals surface area contributed by atoms with Crippen LogP contribution in [-0.2, 0) is 24.3 Å². The van der Waals surface area contributed by atoms with Gasteiger partial charge >= 0.3 is 5.69 Å². The number of carbonyl (C=O) groups excluding carboxylic acids is 1. The zero-order valence-electron chi connectivity index (χ0n) is 19.4. The maximum Gasteiger partial charge on any atom is 0.346 e. The van der Waals surface area contributed by atoms with Crippen molar-refractivity contribution in [1.29, 1.82) is 0 Å². The van der Waals surface area contributed by atoms with E-state index in [1.807, 2.05) is 6.07 Å². The Morgan fingerprint density at radius 2 is 2.09 bits per heavy atom. The Morgan fingerprint density at radius 1 is 1.21 bits per heavy atom. The van der Waals surface area contributed by atoms with Crippen LogP contribution in [-0.4, -0.2) is 44.8 Å². The molecule has 0 aliphatic carbocycles. The lowest BCUT2D eigenvalue weighted by atomic mass is 9.99. The van der Waals surface area contributed by atoms with Gasteiger partial charge in [0.2, 0.25) is 5.91 Å². The summed E-state index contributed by atoms with van der Waals surface area (Å²) >= 11 is 0. The highest BCUT2D eigenvalue weighted by atomic mass is 19.1. The predicted octanol–water partition coefficient (Wildman–Crippen LogP) is 2.54. The van der Waals surface area contributed by atoms with E-state index in [9.17, 15) is 14.0 Å². The van der Waals surface area contributed by atoms with Crippen molar-refractivity contribution in [2.24, 2.45) is 0 Å². The van der Waals surface area contributed by atoms with Gasteiger partial charge < -0.3 is 4.90 Å². The molecule has 2 N–H and O–H groups in total. The number of nitrogens with zero attached hydrogens (tertiary/aromatic N) is 4. The lowest BCUT2D eigenvalue weighted by Crippen LogP contribution is -2.35. The number of rotatable bonds is 9. The fourth-order valence-corrected chi connectivity index (χ4v) is 4.77. The Hall–Kier alpha value is -2.52. The Balaban J connectivity index is 1.14. The number of unbranched alkanes of at least 4 members (excludes halogenated alkanes) is 2. The predicted molar refractivity (Wildman–Crippen MR) is 124 cm³/mol. The molecule has 9 heteroatoms. The summed E-state index contributed by atoms with van der Waals surface area (Å²) in [6.07, 6.45) is 8.93. The highest BCUT2D eigenvalue weighted by molar-refractivity contribution is 5.75. The van der Waals surface area contributed by atoms with Gasteiger partial charge in [-0.2, -0.15) is 5.10 Å². The lowest BCUT2D eigenvalue weighted by Gasteiger charge is -2.17. The van der Waals surface area contributed by atoms with Gasteiger partial charge in [-0.25, -0.2) is 13.9 Å². The molecule has 2 unspecified atom stereocenters. The van der Waals surface area contributed by atoms with E-state index in [2.05, 4.69) is 16.0 Å². The molecule has 0 saturated carbocycles. The monoisotopic (exact) mass is 458 g/mol. The van der Waals surface area contributed by atoms with Crippen LogP contribution in [0.25, 0.3) is 0 Å². The van der Waals surface area contributed by atoms with E-state index < -0.39 is 0 Å². The van der Waals surface area contributed by atoms with Gasteiger partial charge in [0.1, 0.15) is 18.2 Å². The number of aromatic nitrogens is 3. The van der Waals surface area contributed by atoms with Crippen molar-refractivity contribution in [2.75, 3.05) is 13.6 Å². The van der Waals surface area contributed by atoms with E-state index >= 15 is 0 Å². The van der Waals surface area contributed by atoms with Crippen LogP contribution >= 0.6 is 0 Å². The van der Waals surface area contributed by atoms with E-state index in [4.69, 9.17) is 0 Å². The number of aryl methyl sites for hydroxylation is 1. The van der Waals surface area contributed by atoms with Crippen molar-refractivity contribution >= 4 is 5.91 Å². The van der Waals surface area contributed by atoms with Crippen LogP contribution < -0.4 is 16.5 Å². The molecule has 4 rings (SSSR count). The zero-order chi connectivity index (χ0) is 23.2. The van der Waals surface area contributed by atoms with Crippen LogP contribution in [0.4, 0.5) is 4.39 Å². The third-order valence-electron chi connectivity index (χ3n) is 6.77. The second kappa shape index (κ2) is 11.1. The molecule has 0 radical (unpaired) electrons. The lowest BCUT2D eigenvalue weighted by molar-refractivity contribution is -0.130. The van der Waals surface area contributed by atoms with Gasteiger partial charge in [0.15, 0.2) is 0 Å². The largest absolute Gasteiger partial charge is 0.346 e.